The molecule has 0 amide bonds. The third-order valence-corrected chi connectivity index (χ3v) is 3.00. The van der Waals surface area contributed by atoms with Gasteiger partial charge in [0.1, 0.15) is 0 Å². The Hall–Kier alpha value is -2.63. The molecule has 19 heavy (non-hydrogen) atoms. The molecule has 0 bridgehead atoms. The number of carboxylic acids is 1. The maximum atomic E-state index is 10.9. The van der Waals surface area contributed by atoms with E-state index in [1.54, 1.807) is 35.9 Å². The van der Waals surface area contributed by atoms with Gasteiger partial charge in [0.2, 0.25) is 0 Å². The van der Waals surface area contributed by atoms with Crippen LogP contribution in [0.5, 0.6) is 0 Å². The Kier molecular flexibility index (Phi) is 3.33. The molecule has 98 valence electrons. The smallest absolute Gasteiger partial charge is 0.337 e. The minimum Gasteiger partial charge on any atom is -0.478 e. The van der Waals surface area contributed by atoms with Gasteiger partial charge in [0.15, 0.2) is 0 Å². The Morgan fingerprint density at radius 1 is 1.37 bits per heavy atom. The van der Waals surface area contributed by atoms with Crippen molar-refractivity contribution in [3.63, 3.8) is 0 Å². The number of hydrogen-bond donors (Lipinski definition) is 1. The van der Waals surface area contributed by atoms with E-state index >= 15 is 0 Å². The zero-order valence-electron chi connectivity index (χ0n) is 10.2. The van der Waals surface area contributed by atoms with Gasteiger partial charge in [0.05, 0.1) is 17.0 Å². The predicted octanol–water partition coefficient (Wildman–Crippen LogP) is 2.45. The zero-order valence-corrected chi connectivity index (χ0v) is 10.2. The Morgan fingerprint density at radius 2 is 2.05 bits per heavy atom. The Labute approximate surface area is 109 Å². The maximum Gasteiger partial charge on any atom is 0.337 e. The molecule has 0 unspecified atom stereocenters. The number of benzene rings is 1. The molecule has 6 nitrogen and oxygen atoms in total. The molecule has 0 aliphatic heterocycles. The molecule has 1 aromatic carbocycles. The second-order valence-corrected chi connectivity index (χ2v) is 4.13. The van der Waals surface area contributed by atoms with Crippen molar-refractivity contribution in [1.29, 1.82) is 0 Å². The summed E-state index contributed by atoms with van der Waals surface area (Å²) in [5.74, 6) is -1.00. The zero-order chi connectivity index (χ0) is 14.0. The Balaban J connectivity index is 2.37. The fourth-order valence-corrected chi connectivity index (χ4v) is 1.96. The summed E-state index contributed by atoms with van der Waals surface area (Å²) in [5, 5.41) is 19.9. The van der Waals surface area contributed by atoms with E-state index in [2.05, 4.69) is 0 Å². The minimum absolute atomic E-state index is 0.0347. The van der Waals surface area contributed by atoms with Crippen LogP contribution in [0.15, 0.2) is 36.5 Å². The summed E-state index contributed by atoms with van der Waals surface area (Å²) in [6.45, 7) is 1.95. The number of aromatic carboxylic acids is 1. The summed E-state index contributed by atoms with van der Waals surface area (Å²) in [5.41, 5.74) is 1.36. The van der Waals surface area contributed by atoms with E-state index in [4.69, 9.17) is 5.11 Å². The molecule has 0 aliphatic rings. The van der Waals surface area contributed by atoms with Crippen LogP contribution in [0.1, 0.15) is 21.6 Å². The summed E-state index contributed by atoms with van der Waals surface area (Å²) in [6.07, 6.45) is 1.62. The normalized spacial score (nSPS) is 10.4. The lowest BCUT2D eigenvalue weighted by Gasteiger charge is -2.07. The maximum absolute atomic E-state index is 10.9. The molecular weight excluding hydrogens is 248 g/mol. The van der Waals surface area contributed by atoms with Crippen LogP contribution >= 0.6 is 0 Å². The van der Waals surface area contributed by atoms with Crippen molar-refractivity contribution < 1.29 is 14.8 Å². The standard InChI is InChI=1S/C13H12N2O4/c1-9-11(13(16)17)6-7-14(9)8-10-4-2-3-5-12(10)15(18)19/h2-7H,8H2,1H3,(H,16,17). The first-order valence-electron chi connectivity index (χ1n) is 5.62. The number of para-hydroxylation sites is 1. The average Bonchev–Trinajstić information content (AvgIpc) is 2.71. The van der Waals surface area contributed by atoms with E-state index in [9.17, 15) is 14.9 Å². The Morgan fingerprint density at radius 3 is 2.63 bits per heavy atom. The van der Waals surface area contributed by atoms with Gasteiger partial charge in [-0.3, -0.25) is 10.1 Å². The molecule has 1 aromatic heterocycles. The lowest BCUT2D eigenvalue weighted by molar-refractivity contribution is -0.385. The third-order valence-electron chi connectivity index (χ3n) is 3.00. The highest BCUT2D eigenvalue weighted by atomic mass is 16.6. The molecule has 1 N–H and O–H groups in total. The van der Waals surface area contributed by atoms with Crippen molar-refractivity contribution in [3.05, 3.63) is 63.5 Å². The van der Waals surface area contributed by atoms with E-state index in [1.807, 2.05) is 0 Å². The van der Waals surface area contributed by atoms with E-state index in [0.29, 0.717) is 11.3 Å². The molecule has 2 aromatic rings. The molecule has 0 radical (unpaired) electrons. The van der Waals surface area contributed by atoms with Crippen LogP contribution in [0.3, 0.4) is 0 Å². The van der Waals surface area contributed by atoms with E-state index in [-0.39, 0.29) is 17.8 Å². The summed E-state index contributed by atoms with van der Waals surface area (Å²) in [4.78, 5) is 21.4. The van der Waals surface area contributed by atoms with Crippen LogP contribution in [-0.2, 0) is 6.54 Å². The molecular formula is C13H12N2O4. The summed E-state index contributed by atoms with van der Waals surface area (Å²) in [7, 11) is 0. The Bertz CT molecular complexity index is 646. The second kappa shape index (κ2) is 4.93. The number of carbonyl (C=O) groups is 1. The highest BCUT2D eigenvalue weighted by molar-refractivity contribution is 5.89. The summed E-state index contributed by atoms with van der Waals surface area (Å²) in [6, 6.07) is 7.92. The largest absolute Gasteiger partial charge is 0.478 e. The van der Waals surface area contributed by atoms with Gasteiger partial charge < -0.3 is 9.67 Å². The van der Waals surface area contributed by atoms with Gasteiger partial charge >= 0.3 is 5.97 Å². The van der Waals surface area contributed by atoms with Crippen molar-refractivity contribution in [2.75, 3.05) is 0 Å². The van der Waals surface area contributed by atoms with Crippen molar-refractivity contribution in [2.24, 2.45) is 0 Å². The molecule has 1 heterocycles. The molecule has 0 atom stereocenters. The number of nitro groups is 1. The highest BCUT2D eigenvalue weighted by Crippen LogP contribution is 2.20. The van der Waals surface area contributed by atoms with Crippen LogP contribution in [0.25, 0.3) is 0 Å². The minimum atomic E-state index is -1.00. The number of nitro benzene ring substituents is 1. The highest BCUT2D eigenvalue weighted by Gasteiger charge is 2.15. The van der Waals surface area contributed by atoms with Gasteiger partial charge in [-0.15, -0.1) is 0 Å². The number of rotatable bonds is 4. The number of nitrogens with zero attached hydrogens (tertiary/aromatic N) is 2. The van der Waals surface area contributed by atoms with Gasteiger partial charge in [-0.25, -0.2) is 4.79 Å². The number of hydrogen-bond acceptors (Lipinski definition) is 3. The quantitative estimate of drug-likeness (QED) is 0.675. The van der Waals surface area contributed by atoms with E-state index < -0.39 is 10.9 Å². The summed E-state index contributed by atoms with van der Waals surface area (Å²) >= 11 is 0. The molecule has 0 saturated heterocycles. The van der Waals surface area contributed by atoms with Crippen LogP contribution in [0, 0.1) is 17.0 Å². The molecule has 0 fully saturated rings. The third kappa shape index (κ3) is 2.47. The van der Waals surface area contributed by atoms with E-state index in [1.165, 1.54) is 12.1 Å². The molecule has 0 spiro atoms. The van der Waals surface area contributed by atoms with Crippen molar-refractivity contribution >= 4 is 11.7 Å². The molecule has 2 rings (SSSR count). The topological polar surface area (TPSA) is 85.4 Å². The number of carboxylic acid groups (broad SMARTS) is 1. The first-order chi connectivity index (χ1) is 9.00. The van der Waals surface area contributed by atoms with Crippen molar-refractivity contribution in [2.45, 2.75) is 13.5 Å². The first kappa shape index (κ1) is 12.8. The van der Waals surface area contributed by atoms with E-state index in [0.717, 1.165) is 0 Å². The first-order valence-corrected chi connectivity index (χ1v) is 5.62. The fourth-order valence-electron chi connectivity index (χ4n) is 1.96. The van der Waals surface area contributed by atoms with Gasteiger partial charge in [0, 0.05) is 23.5 Å². The van der Waals surface area contributed by atoms with Gasteiger partial charge in [0.25, 0.3) is 5.69 Å². The molecule has 6 heteroatoms. The van der Waals surface area contributed by atoms with Crippen LogP contribution in [0.2, 0.25) is 0 Å². The van der Waals surface area contributed by atoms with Gasteiger partial charge in [-0.1, -0.05) is 18.2 Å². The van der Waals surface area contributed by atoms with Crippen molar-refractivity contribution in [3.8, 4) is 0 Å². The van der Waals surface area contributed by atoms with Gasteiger partial charge in [-0.05, 0) is 13.0 Å². The molecule has 0 saturated carbocycles. The van der Waals surface area contributed by atoms with Crippen LogP contribution in [-0.4, -0.2) is 20.6 Å². The second-order valence-electron chi connectivity index (χ2n) is 4.13. The average molecular weight is 260 g/mol. The predicted molar refractivity (Wildman–Crippen MR) is 68.3 cm³/mol. The van der Waals surface area contributed by atoms with Crippen LogP contribution < -0.4 is 0 Å². The summed E-state index contributed by atoms with van der Waals surface area (Å²) < 4.78 is 1.69. The molecule has 0 aliphatic carbocycles. The van der Waals surface area contributed by atoms with Gasteiger partial charge in [-0.2, -0.15) is 0 Å². The lowest BCUT2D eigenvalue weighted by Crippen LogP contribution is -2.05. The van der Waals surface area contributed by atoms with Crippen LogP contribution in [0.4, 0.5) is 5.69 Å². The van der Waals surface area contributed by atoms with Crippen molar-refractivity contribution in [1.82, 2.24) is 4.57 Å². The fraction of sp³-hybridized carbons (Fsp3) is 0.154. The lowest BCUT2D eigenvalue weighted by atomic mass is 10.2. The SMILES string of the molecule is Cc1c(C(=O)O)ccn1Cc1ccccc1[N+](=O)[O-]. The number of aromatic nitrogens is 1. The monoisotopic (exact) mass is 260 g/mol.